The van der Waals surface area contributed by atoms with E-state index in [-0.39, 0.29) is 11.9 Å². The van der Waals surface area contributed by atoms with Crippen LogP contribution in [0.4, 0.5) is 0 Å². The normalized spacial score (nSPS) is 19.1. The Morgan fingerprint density at radius 1 is 1.20 bits per heavy atom. The van der Waals surface area contributed by atoms with Crippen molar-refractivity contribution >= 4 is 5.91 Å². The molecule has 0 saturated carbocycles. The van der Waals surface area contributed by atoms with Gasteiger partial charge in [-0.3, -0.25) is 9.78 Å². The molecule has 130 valence electrons. The van der Waals surface area contributed by atoms with Crippen molar-refractivity contribution in [2.45, 2.75) is 32.2 Å². The third-order valence-electron chi connectivity index (χ3n) is 4.85. The van der Waals surface area contributed by atoms with E-state index in [1.54, 1.807) is 6.20 Å². The predicted molar refractivity (Wildman–Crippen MR) is 93.8 cm³/mol. The number of aromatic nitrogens is 1. The molecule has 5 heteroatoms. The molecule has 0 bridgehead atoms. The van der Waals surface area contributed by atoms with Gasteiger partial charge in [-0.1, -0.05) is 12.1 Å². The molecule has 0 radical (unpaired) electrons. The van der Waals surface area contributed by atoms with Gasteiger partial charge < -0.3 is 14.4 Å². The molecule has 1 aromatic heterocycles. The van der Waals surface area contributed by atoms with E-state index in [4.69, 9.17) is 9.47 Å². The van der Waals surface area contributed by atoms with Gasteiger partial charge >= 0.3 is 0 Å². The highest BCUT2D eigenvalue weighted by molar-refractivity contribution is 5.79. The summed E-state index contributed by atoms with van der Waals surface area (Å²) in [6, 6.07) is 10.1. The molecule has 0 spiro atoms. The van der Waals surface area contributed by atoms with Gasteiger partial charge in [0, 0.05) is 18.4 Å². The van der Waals surface area contributed by atoms with E-state index in [9.17, 15) is 4.79 Å². The first-order valence-electron chi connectivity index (χ1n) is 8.81. The van der Waals surface area contributed by atoms with Crippen LogP contribution >= 0.6 is 0 Å². The second kappa shape index (κ2) is 6.75. The molecule has 4 rings (SSSR count). The zero-order valence-corrected chi connectivity index (χ0v) is 14.4. The summed E-state index contributed by atoms with van der Waals surface area (Å²) < 4.78 is 11.3. The highest BCUT2D eigenvalue weighted by atomic mass is 16.6. The molecule has 1 aromatic carbocycles. The molecule has 3 heterocycles. The molecule has 1 fully saturated rings. The number of rotatable bonds is 3. The van der Waals surface area contributed by atoms with Gasteiger partial charge in [-0.25, -0.2) is 0 Å². The Labute approximate surface area is 147 Å². The quantitative estimate of drug-likeness (QED) is 0.863. The average molecular weight is 338 g/mol. The number of nitrogens with zero attached hydrogens (tertiary/aromatic N) is 2. The van der Waals surface area contributed by atoms with Gasteiger partial charge in [-0.15, -0.1) is 0 Å². The molecule has 2 aliphatic rings. The summed E-state index contributed by atoms with van der Waals surface area (Å²) in [6.45, 7) is 3.91. The van der Waals surface area contributed by atoms with E-state index in [1.165, 1.54) is 0 Å². The van der Waals surface area contributed by atoms with Crippen molar-refractivity contribution in [2.24, 2.45) is 0 Å². The number of ether oxygens (including phenoxy) is 2. The fraction of sp³-hybridized carbons (Fsp3) is 0.400. The maximum atomic E-state index is 12.8. The Kier molecular flexibility index (Phi) is 4.30. The molecule has 25 heavy (non-hydrogen) atoms. The Balaban J connectivity index is 1.51. The van der Waals surface area contributed by atoms with Crippen molar-refractivity contribution in [3.05, 3.63) is 53.3 Å². The minimum Gasteiger partial charge on any atom is -0.486 e. The number of fused-ring (bicyclic) bond motifs is 1. The number of pyridine rings is 1. The number of hydrogen-bond donors (Lipinski definition) is 0. The van der Waals surface area contributed by atoms with Crippen LogP contribution in [0.25, 0.3) is 0 Å². The first-order chi connectivity index (χ1) is 12.2. The monoisotopic (exact) mass is 338 g/mol. The van der Waals surface area contributed by atoms with Gasteiger partial charge in [0.05, 0.1) is 12.5 Å². The summed E-state index contributed by atoms with van der Waals surface area (Å²) in [5, 5.41) is 0. The standard InChI is InChI=1S/C20H22N2O3/c1-14-4-5-15(13-21-14)11-20(23)22-8-2-3-17(22)16-6-7-18-19(12-16)25-10-9-24-18/h4-7,12-13,17H,2-3,8-11H2,1H3. The molecule has 2 aliphatic heterocycles. The summed E-state index contributed by atoms with van der Waals surface area (Å²) >= 11 is 0. The van der Waals surface area contributed by atoms with E-state index < -0.39 is 0 Å². The van der Waals surface area contributed by atoms with Gasteiger partial charge in [0.1, 0.15) is 13.2 Å². The fourth-order valence-electron chi connectivity index (χ4n) is 3.56. The molecule has 0 N–H and O–H groups in total. The lowest BCUT2D eigenvalue weighted by Gasteiger charge is -2.27. The number of aryl methyl sites for hydroxylation is 1. The maximum absolute atomic E-state index is 12.8. The smallest absolute Gasteiger partial charge is 0.227 e. The number of hydrogen-bond acceptors (Lipinski definition) is 4. The zero-order valence-electron chi connectivity index (χ0n) is 14.4. The summed E-state index contributed by atoms with van der Waals surface area (Å²) in [4.78, 5) is 19.1. The molecule has 1 atom stereocenters. The minimum atomic E-state index is 0.113. The third-order valence-corrected chi connectivity index (χ3v) is 4.85. The Morgan fingerprint density at radius 3 is 2.84 bits per heavy atom. The van der Waals surface area contributed by atoms with Crippen LogP contribution < -0.4 is 9.47 Å². The first-order valence-corrected chi connectivity index (χ1v) is 8.81. The van der Waals surface area contributed by atoms with Crippen LogP contribution in [0.2, 0.25) is 0 Å². The predicted octanol–water partition coefficient (Wildman–Crippen LogP) is 3.07. The van der Waals surface area contributed by atoms with Crippen molar-refractivity contribution in [1.29, 1.82) is 0 Å². The van der Waals surface area contributed by atoms with Crippen LogP contribution in [0, 0.1) is 6.92 Å². The molecule has 0 aliphatic carbocycles. The van der Waals surface area contributed by atoms with Crippen LogP contribution in [0.3, 0.4) is 0 Å². The first kappa shape index (κ1) is 15.9. The Morgan fingerprint density at radius 2 is 2.04 bits per heavy atom. The molecule has 5 nitrogen and oxygen atoms in total. The highest BCUT2D eigenvalue weighted by Crippen LogP contribution is 2.38. The number of amides is 1. The van der Waals surface area contributed by atoms with Gasteiger partial charge in [0.15, 0.2) is 11.5 Å². The lowest BCUT2D eigenvalue weighted by molar-refractivity contribution is -0.131. The van der Waals surface area contributed by atoms with Crippen molar-refractivity contribution in [1.82, 2.24) is 9.88 Å². The van der Waals surface area contributed by atoms with Gasteiger partial charge in [0.2, 0.25) is 5.91 Å². The number of likely N-dealkylation sites (tertiary alicyclic amines) is 1. The van der Waals surface area contributed by atoms with Crippen LogP contribution in [0.5, 0.6) is 11.5 Å². The number of carbonyl (C=O) groups is 1. The van der Waals surface area contributed by atoms with Gasteiger partial charge in [0.25, 0.3) is 0 Å². The Hall–Kier alpha value is -2.56. The van der Waals surface area contributed by atoms with Crippen LogP contribution in [0.1, 0.15) is 35.7 Å². The highest BCUT2D eigenvalue weighted by Gasteiger charge is 2.30. The molecule has 2 aromatic rings. The molecular formula is C20H22N2O3. The van der Waals surface area contributed by atoms with E-state index in [1.807, 2.05) is 36.1 Å². The summed E-state index contributed by atoms with van der Waals surface area (Å²) in [5.41, 5.74) is 3.05. The third kappa shape index (κ3) is 3.31. The number of benzene rings is 1. The SMILES string of the molecule is Cc1ccc(CC(=O)N2CCCC2c2ccc3c(c2)OCCO3)cn1. The lowest BCUT2D eigenvalue weighted by atomic mass is 10.0. The lowest BCUT2D eigenvalue weighted by Crippen LogP contribution is -2.32. The average Bonchev–Trinajstić information content (AvgIpc) is 3.13. The van der Waals surface area contributed by atoms with Crippen molar-refractivity contribution < 1.29 is 14.3 Å². The van der Waals surface area contributed by atoms with Crippen LogP contribution in [0.15, 0.2) is 36.5 Å². The zero-order chi connectivity index (χ0) is 17.2. The molecule has 1 saturated heterocycles. The van der Waals surface area contributed by atoms with Crippen LogP contribution in [-0.4, -0.2) is 35.5 Å². The van der Waals surface area contributed by atoms with Gasteiger partial charge in [-0.05, 0) is 49.1 Å². The van der Waals surface area contributed by atoms with Crippen LogP contribution in [-0.2, 0) is 11.2 Å². The van der Waals surface area contributed by atoms with Gasteiger partial charge in [-0.2, -0.15) is 0 Å². The largest absolute Gasteiger partial charge is 0.486 e. The fourth-order valence-corrected chi connectivity index (χ4v) is 3.56. The maximum Gasteiger partial charge on any atom is 0.227 e. The van der Waals surface area contributed by atoms with E-state index in [0.29, 0.717) is 19.6 Å². The summed E-state index contributed by atoms with van der Waals surface area (Å²) in [6.07, 6.45) is 4.20. The van der Waals surface area contributed by atoms with E-state index in [0.717, 1.165) is 47.7 Å². The van der Waals surface area contributed by atoms with Crippen molar-refractivity contribution in [2.75, 3.05) is 19.8 Å². The topological polar surface area (TPSA) is 51.7 Å². The van der Waals surface area contributed by atoms with Crippen molar-refractivity contribution in [3.63, 3.8) is 0 Å². The second-order valence-corrected chi connectivity index (χ2v) is 6.63. The molecule has 1 unspecified atom stereocenters. The second-order valence-electron chi connectivity index (χ2n) is 6.63. The molecule has 1 amide bonds. The molecular weight excluding hydrogens is 316 g/mol. The van der Waals surface area contributed by atoms with E-state index in [2.05, 4.69) is 11.1 Å². The summed E-state index contributed by atoms with van der Waals surface area (Å²) in [5.74, 6) is 1.73. The minimum absolute atomic E-state index is 0.113. The Bertz CT molecular complexity index is 773. The van der Waals surface area contributed by atoms with E-state index >= 15 is 0 Å². The summed E-state index contributed by atoms with van der Waals surface area (Å²) in [7, 11) is 0. The van der Waals surface area contributed by atoms with Crippen molar-refractivity contribution in [3.8, 4) is 11.5 Å². The number of carbonyl (C=O) groups excluding carboxylic acids is 1.